The van der Waals surface area contributed by atoms with Gasteiger partial charge in [-0.15, -0.1) is 0 Å². The van der Waals surface area contributed by atoms with Crippen LogP contribution in [0, 0.1) is 17.8 Å². The van der Waals surface area contributed by atoms with Gasteiger partial charge >= 0.3 is 6.03 Å². The number of fused-ring (bicyclic) bond motifs is 1. The summed E-state index contributed by atoms with van der Waals surface area (Å²) in [6.45, 7) is 0.118. The van der Waals surface area contributed by atoms with Gasteiger partial charge in [0.15, 0.2) is 17.3 Å². The van der Waals surface area contributed by atoms with Crippen LogP contribution in [0.25, 0.3) is 0 Å². The molecule has 2 N–H and O–H groups in total. The SMILES string of the molecule is COc1ccc2c(c1)C(=O)N(C[C@@]1(C#Cc3ccc(C(=O)CC4CC4)o3)NC(=O)NC1=O)C2. The second kappa shape index (κ2) is 7.81. The van der Waals surface area contributed by atoms with Crippen LogP contribution >= 0.6 is 0 Å². The maximum absolute atomic E-state index is 13.0. The van der Waals surface area contributed by atoms with E-state index in [0.29, 0.717) is 23.7 Å². The van der Waals surface area contributed by atoms with Gasteiger partial charge in [-0.1, -0.05) is 12.0 Å². The first-order valence-corrected chi connectivity index (χ1v) is 10.6. The Hall–Kier alpha value is -4.06. The van der Waals surface area contributed by atoms with Crippen LogP contribution in [0.5, 0.6) is 5.75 Å². The standard InChI is InChI=1S/C24H21N3O6/c1-32-17-5-4-15-12-27(21(29)18(15)11-17)13-24(22(30)25-23(31)26-24)9-8-16-6-7-20(33-16)19(28)10-14-2-3-14/h4-7,11,14H,2-3,10,12-13H2,1H3,(H2,25,26,30,31)/t24-/m1/s1. The summed E-state index contributed by atoms with van der Waals surface area (Å²) in [6, 6.07) is 7.61. The average molecular weight is 447 g/mol. The molecule has 1 aromatic carbocycles. The number of rotatable bonds is 6. The van der Waals surface area contributed by atoms with Gasteiger partial charge in [0.05, 0.1) is 13.7 Å². The molecule has 0 unspecified atom stereocenters. The minimum Gasteiger partial charge on any atom is -0.497 e. The number of hydrogen-bond donors (Lipinski definition) is 2. The summed E-state index contributed by atoms with van der Waals surface area (Å²) < 4.78 is 10.7. The van der Waals surface area contributed by atoms with E-state index in [4.69, 9.17) is 9.15 Å². The molecule has 33 heavy (non-hydrogen) atoms. The normalized spacial score (nSPS) is 21.2. The van der Waals surface area contributed by atoms with Gasteiger partial charge in [-0.3, -0.25) is 19.7 Å². The molecule has 4 amide bonds. The summed E-state index contributed by atoms with van der Waals surface area (Å²) in [6.07, 6.45) is 2.57. The Bertz CT molecular complexity index is 1250. The molecule has 1 saturated carbocycles. The van der Waals surface area contributed by atoms with Crippen molar-refractivity contribution in [2.45, 2.75) is 31.3 Å². The number of methoxy groups -OCH3 is 1. The van der Waals surface area contributed by atoms with Crippen molar-refractivity contribution in [3.05, 3.63) is 53.0 Å². The minimum absolute atomic E-state index is 0.0805. The van der Waals surface area contributed by atoms with Gasteiger partial charge in [-0.25, -0.2) is 4.79 Å². The Balaban J connectivity index is 1.38. The number of hydrogen-bond acceptors (Lipinski definition) is 6. The fourth-order valence-electron chi connectivity index (χ4n) is 4.02. The van der Waals surface area contributed by atoms with Gasteiger partial charge in [-0.2, -0.15) is 0 Å². The zero-order chi connectivity index (χ0) is 23.2. The van der Waals surface area contributed by atoms with Crippen molar-refractivity contribution in [3.8, 4) is 17.6 Å². The van der Waals surface area contributed by atoms with E-state index in [1.807, 2.05) is 0 Å². The van der Waals surface area contributed by atoms with E-state index in [9.17, 15) is 19.2 Å². The number of benzene rings is 1. The molecule has 0 bridgehead atoms. The number of ketones is 1. The lowest BCUT2D eigenvalue weighted by Gasteiger charge is -2.26. The third-order valence-electron chi connectivity index (χ3n) is 6.02. The lowest BCUT2D eigenvalue weighted by Crippen LogP contribution is -2.54. The minimum atomic E-state index is -1.65. The van der Waals surface area contributed by atoms with Crippen molar-refractivity contribution >= 4 is 23.6 Å². The molecule has 168 valence electrons. The zero-order valence-electron chi connectivity index (χ0n) is 17.9. The zero-order valence-corrected chi connectivity index (χ0v) is 17.9. The molecule has 1 saturated heterocycles. The third kappa shape index (κ3) is 3.96. The second-order valence-electron chi connectivity index (χ2n) is 8.48. The molecule has 2 fully saturated rings. The molecule has 5 rings (SSSR count). The predicted molar refractivity (Wildman–Crippen MR) is 114 cm³/mol. The van der Waals surface area contributed by atoms with E-state index in [1.165, 1.54) is 12.0 Å². The highest BCUT2D eigenvalue weighted by molar-refractivity contribution is 6.10. The van der Waals surface area contributed by atoms with Gasteiger partial charge in [0.2, 0.25) is 5.54 Å². The molecule has 1 atom stereocenters. The number of nitrogens with zero attached hydrogens (tertiary/aromatic N) is 1. The van der Waals surface area contributed by atoms with Crippen LogP contribution in [0.1, 0.15) is 51.5 Å². The molecule has 3 aliphatic rings. The van der Waals surface area contributed by atoms with Gasteiger partial charge in [0.1, 0.15) is 5.75 Å². The largest absolute Gasteiger partial charge is 0.497 e. The Morgan fingerprint density at radius 2 is 2.06 bits per heavy atom. The van der Waals surface area contributed by atoms with Gasteiger partial charge in [0, 0.05) is 18.5 Å². The van der Waals surface area contributed by atoms with Crippen LogP contribution in [0.15, 0.2) is 34.7 Å². The van der Waals surface area contributed by atoms with Crippen LogP contribution in [0.3, 0.4) is 0 Å². The fraction of sp³-hybridized carbons (Fsp3) is 0.333. The van der Waals surface area contributed by atoms with Crippen molar-refractivity contribution in [2.75, 3.05) is 13.7 Å². The number of ether oxygens (including phenoxy) is 1. The van der Waals surface area contributed by atoms with Gasteiger partial charge in [0.25, 0.3) is 11.8 Å². The maximum atomic E-state index is 13.0. The summed E-state index contributed by atoms with van der Waals surface area (Å²) in [7, 11) is 1.52. The van der Waals surface area contributed by atoms with E-state index in [-0.39, 0.29) is 36.3 Å². The summed E-state index contributed by atoms with van der Waals surface area (Å²) in [5.41, 5.74) is -0.380. The second-order valence-corrected chi connectivity index (χ2v) is 8.48. The molecule has 9 heteroatoms. The monoisotopic (exact) mass is 447 g/mol. The van der Waals surface area contributed by atoms with Crippen LogP contribution in [0.4, 0.5) is 4.79 Å². The first-order chi connectivity index (χ1) is 15.9. The Labute approximate surface area is 189 Å². The maximum Gasteiger partial charge on any atom is 0.323 e. The number of urea groups is 1. The van der Waals surface area contributed by atoms with Crippen LogP contribution in [-0.4, -0.2) is 47.7 Å². The molecular formula is C24H21N3O6. The highest BCUT2D eigenvalue weighted by atomic mass is 16.5. The van der Waals surface area contributed by atoms with Crippen LogP contribution in [0.2, 0.25) is 0 Å². The highest BCUT2D eigenvalue weighted by Crippen LogP contribution is 2.33. The quantitative estimate of drug-likeness (QED) is 0.397. The number of carbonyl (C=O) groups excluding carboxylic acids is 4. The lowest BCUT2D eigenvalue weighted by molar-refractivity contribution is -0.122. The highest BCUT2D eigenvalue weighted by Gasteiger charge is 2.48. The van der Waals surface area contributed by atoms with Gasteiger partial charge in [-0.05, 0) is 54.5 Å². The average Bonchev–Trinajstić information content (AvgIpc) is 3.27. The topological polar surface area (TPSA) is 118 Å². The van der Waals surface area contributed by atoms with Crippen molar-refractivity contribution < 1.29 is 28.3 Å². The molecule has 3 heterocycles. The molecule has 1 aliphatic carbocycles. The molecular weight excluding hydrogens is 426 g/mol. The van der Waals surface area contributed by atoms with E-state index in [2.05, 4.69) is 22.5 Å². The molecule has 2 aromatic rings. The van der Waals surface area contributed by atoms with Crippen LogP contribution in [-0.2, 0) is 11.3 Å². The van der Waals surface area contributed by atoms with Crippen molar-refractivity contribution in [2.24, 2.45) is 5.92 Å². The number of amides is 4. The smallest absolute Gasteiger partial charge is 0.323 e. The molecule has 9 nitrogen and oxygen atoms in total. The van der Waals surface area contributed by atoms with Crippen molar-refractivity contribution in [1.82, 2.24) is 15.5 Å². The Morgan fingerprint density at radius 1 is 1.24 bits per heavy atom. The Morgan fingerprint density at radius 3 is 2.76 bits per heavy atom. The van der Waals surface area contributed by atoms with Crippen LogP contribution < -0.4 is 15.4 Å². The predicted octanol–water partition coefficient (Wildman–Crippen LogP) is 1.86. The lowest BCUT2D eigenvalue weighted by atomic mass is 9.99. The number of nitrogens with one attached hydrogen (secondary N) is 2. The summed E-state index contributed by atoms with van der Waals surface area (Å²) in [5.74, 6) is 5.90. The van der Waals surface area contributed by atoms with E-state index in [0.717, 1.165) is 18.4 Å². The van der Waals surface area contributed by atoms with E-state index >= 15 is 0 Å². The summed E-state index contributed by atoms with van der Waals surface area (Å²) in [4.78, 5) is 51.3. The summed E-state index contributed by atoms with van der Waals surface area (Å²) in [5, 5.41) is 4.74. The molecule has 0 spiro atoms. The Kier molecular flexibility index (Phi) is 4.93. The van der Waals surface area contributed by atoms with Gasteiger partial charge < -0.3 is 19.4 Å². The molecule has 2 aliphatic heterocycles. The van der Waals surface area contributed by atoms with E-state index in [1.54, 1.807) is 30.3 Å². The molecule has 1 aromatic heterocycles. The fourth-order valence-corrected chi connectivity index (χ4v) is 4.02. The first kappa shape index (κ1) is 20.8. The number of furan rings is 1. The van der Waals surface area contributed by atoms with E-state index < -0.39 is 17.5 Å². The molecule has 0 radical (unpaired) electrons. The number of carbonyl (C=O) groups is 4. The first-order valence-electron chi connectivity index (χ1n) is 10.6. The number of imide groups is 1. The van der Waals surface area contributed by atoms with Crippen molar-refractivity contribution in [3.63, 3.8) is 0 Å². The van der Waals surface area contributed by atoms with Crippen molar-refractivity contribution in [1.29, 1.82) is 0 Å². The number of Topliss-reactive ketones (excluding diaryl/α,β-unsaturated/α-hetero) is 1. The third-order valence-corrected chi connectivity index (χ3v) is 6.02. The summed E-state index contributed by atoms with van der Waals surface area (Å²) >= 11 is 0.